The molecule has 1 atom stereocenters. The standard InChI is InChI=1S/C11H19N3S/c1-2-10(8-12-4-1)9-13-5-3-11-14-6-7-15-11/h6-7,10,12-13H,1-5,8-9H2. The number of rotatable bonds is 5. The smallest absolute Gasteiger partial charge is 0.0937 e. The molecule has 1 aromatic rings. The van der Waals surface area contributed by atoms with E-state index < -0.39 is 0 Å². The SMILES string of the molecule is c1csc(CCNCC2CCCNC2)n1. The molecule has 1 aliphatic heterocycles. The highest BCUT2D eigenvalue weighted by Crippen LogP contribution is 2.08. The molecule has 1 aromatic heterocycles. The second kappa shape index (κ2) is 6.20. The van der Waals surface area contributed by atoms with E-state index in [1.54, 1.807) is 11.3 Å². The van der Waals surface area contributed by atoms with Gasteiger partial charge in [0, 0.05) is 24.5 Å². The zero-order chi connectivity index (χ0) is 10.3. The summed E-state index contributed by atoms with van der Waals surface area (Å²) >= 11 is 1.75. The van der Waals surface area contributed by atoms with Gasteiger partial charge in [-0.05, 0) is 38.4 Å². The van der Waals surface area contributed by atoms with Gasteiger partial charge in [0.1, 0.15) is 0 Å². The summed E-state index contributed by atoms with van der Waals surface area (Å²) in [5.74, 6) is 0.829. The number of hydrogen-bond donors (Lipinski definition) is 2. The van der Waals surface area contributed by atoms with E-state index >= 15 is 0 Å². The third-order valence-electron chi connectivity index (χ3n) is 2.83. The van der Waals surface area contributed by atoms with E-state index in [-0.39, 0.29) is 0 Å². The van der Waals surface area contributed by atoms with Crippen molar-refractivity contribution in [2.24, 2.45) is 5.92 Å². The molecule has 84 valence electrons. The van der Waals surface area contributed by atoms with Gasteiger partial charge in [-0.15, -0.1) is 11.3 Å². The largest absolute Gasteiger partial charge is 0.316 e. The van der Waals surface area contributed by atoms with Gasteiger partial charge in [0.2, 0.25) is 0 Å². The lowest BCUT2D eigenvalue weighted by Gasteiger charge is -2.22. The molecular weight excluding hydrogens is 206 g/mol. The first kappa shape index (κ1) is 11.0. The fourth-order valence-corrected chi connectivity index (χ4v) is 2.60. The number of thiazole rings is 1. The molecule has 1 unspecified atom stereocenters. The minimum atomic E-state index is 0.829. The molecule has 2 rings (SSSR count). The maximum absolute atomic E-state index is 4.27. The highest BCUT2D eigenvalue weighted by molar-refractivity contribution is 7.09. The highest BCUT2D eigenvalue weighted by Gasteiger charge is 2.11. The van der Waals surface area contributed by atoms with E-state index in [9.17, 15) is 0 Å². The summed E-state index contributed by atoms with van der Waals surface area (Å²) in [7, 11) is 0. The van der Waals surface area contributed by atoms with Crippen molar-refractivity contribution in [2.45, 2.75) is 19.3 Å². The Morgan fingerprint density at radius 2 is 2.60 bits per heavy atom. The molecule has 1 saturated heterocycles. The van der Waals surface area contributed by atoms with Crippen LogP contribution in [0, 0.1) is 5.92 Å². The zero-order valence-electron chi connectivity index (χ0n) is 9.04. The molecule has 15 heavy (non-hydrogen) atoms. The maximum Gasteiger partial charge on any atom is 0.0937 e. The molecule has 2 heterocycles. The molecule has 1 aliphatic rings. The third kappa shape index (κ3) is 3.89. The van der Waals surface area contributed by atoms with Crippen LogP contribution in [-0.4, -0.2) is 31.2 Å². The van der Waals surface area contributed by atoms with Crippen LogP contribution in [0.5, 0.6) is 0 Å². The van der Waals surface area contributed by atoms with Gasteiger partial charge in [-0.25, -0.2) is 4.98 Å². The fourth-order valence-electron chi connectivity index (χ4n) is 1.98. The van der Waals surface area contributed by atoms with Crippen LogP contribution < -0.4 is 10.6 Å². The summed E-state index contributed by atoms with van der Waals surface area (Å²) in [5.41, 5.74) is 0. The van der Waals surface area contributed by atoms with Crippen molar-refractivity contribution in [3.05, 3.63) is 16.6 Å². The molecule has 0 aliphatic carbocycles. The Morgan fingerprint density at radius 3 is 3.33 bits per heavy atom. The lowest BCUT2D eigenvalue weighted by Crippen LogP contribution is -2.36. The van der Waals surface area contributed by atoms with E-state index in [4.69, 9.17) is 0 Å². The second-order valence-corrected chi connectivity index (χ2v) is 5.07. The second-order valence-electron chi connectivity index (χ2n) is 4.09. The number of nitrogens with one attached hydrogen (secondary N) is 2. The van der Waals surface area contributed by atoms with E-state index in [2.05, 4.69) is 15.6 Å². The molecular formula is C11H19N3S. The number of piperidine rings is 1. The Kier molecular flexibility index (Phi) is 4.57. The van der Waals surface area contributed by atoms with Crippen molar-refractivity contribution in [3.8, 4) is 0 Å². The predicted molar refractivity (Wildman–Crippen MR) is 64.3 cm³/mol. The lowest BCUT2D eigenvalue weighted by atomic mass is 10.00. The summed E-state index contributed by atoms with van der Waals surface area (Å²) in [5, 5.41) is 10.2. The Balaban J connectivity index is 1.54. The molecule has 0 radical (unpaired) electrons. The molecule has 0 aromatic carbocycles. The van der Waals surface area contributed by atoms with Gasteiger partial charge in [-0.1, -0.05) is 0 Å². The summed E-state index contributed by atoms with van der Waals surface area (Å²) in [6, 6.07) is 0. The van der Waals surface area contributed by atoms with Crippen LogP contribution in [0.4, 0.5) is 0 Å². The average Bonchev–Trinajstić information content (AvgIpc) is 2.79. The topological polar surface area (TPSA) is 37.0 Å². The predicted octanol–water partition coefficient (Wildman–Crippen LogP) is 1.27. The van der Waals surface area contributed by atoms with Gasteiger partial charge >= 0.3 is 0 Å². The third-order valence-corrected chi connectivity index (χ3v) is 3.67. The molecule has 4 heteroatoms. The average molecular weight is 225 g/mol. The monoisotopic (exact) mass is 225 g/mol. The maximum atomic E-state index is 4.27. The van der Waals surface area contributed by atoms with Crippen molar-refractivity contribution in [1.82, 2.24) is 15.6 Å². The van der Waals surface area contributed by atoms with E-state index in [0.717, 1.165) is 25.4 Å². The minimum absolute atomic E-state index is 0.829. The van der Waals surface area contributed by atoms with Crippen molar-refractivity contribution >= 4 is 11.3 Å². The Labute approximate surface area is 95.3 Å². The molecule has 0 bridgehead atoms. The normalized spacial score (nSPS) is 21.7. The first-order valence-electron chi connectivity index (χ1n) is 5.75. The van der Waals surface area contributed by atoms with E-state index in [0.29, 0.717) is 0 Å². The first-order chi connectivity index (χ1) is 7.45. The van der Waals surface area contributed by atoms with Gasteiger partial charge < -0.3 is 10.6 Å². The minimum Gasteiger partial charge on any atom is -0.316 e. The Hall–Kier alpha value is -0.450. The van der Waals surface area contributed by atoms with E-state index in [1.165, 1.54) is 30.9 Å². The Bertz CT molecular complexity index is 255. The van der Waals surface area contributed by atoms with Crippen LogP contribution in [0.25, 0.3) is 0 Å². The molecule has 0 saturated carbocycles. The van der Waals surface area contributed by atoms with E-state index in [1.807, 2.05) is 11.6 Å². The molecule has 1 fully saturated rings. The van der Waals surface area contributed by atoms with Crippen LogP contribution in [0.3, 0.4) is 0 Å². The molecule has 0 spiro atoms. The van der Waals surface area contributed by atoms with Crippen molar-refractivity contribution in [2.75, 3.05) is 26.2 Å². The number of aromatic nitrogens is 1. The van der Waals surface area contributed by atoms with Crippen LogP contribution >= 0.6 is 11.3 Å². The van der Waals surface area contributed by atoms with Crippen LogP contribution in [0.15, 0.2) is 11.6 Å². The van der Waals surface area contributed by atoms with Crippen molar-refractivity contribution in [3.63, 3.8) is 0 Å². The summed E-state index contributed by atoms with van der Waals surface area (Å²) < 4.78 is 0. The highest BCUT2D eigenvalue weighted by atomic mass is 32.1. The van der Waals surface area contributed by atoms with Crippen molar-refractivity contribution in [1.29, 1.82) is 0 Å². The molecule has 3 nitrogen and oxygen atoms in total. The van der Waals surface area contributed by atoms with Crippen molar-refractivity contribution < 1.29 is 0 Å². The van der Waals surface area contributed by atoms with Gasteiger partial charge in [-0.2, -0.15) is 0 Å². The van der Waals surface area contributed by atoms with Gasteiger partial charge in [-0.3, -0.25) is 0 Å². The number of nitrogens with zero attached hydrogens (tertiary/aromatic N) is 1. The molecule has 0 amide bonds. The number of hydrogen-bond acceptors (Lipinski definition) is 4. The van der Waals surface area contributed by atoms with Gasteiger partial charge in [0.15, 0.2) is 0 Å². The van der Waals surface area contributed by atoms with Crippen LogP contribution in [-0.2, 0) is 6.42 Å². The van der Waals surface area contributed by atoms with Gasteiger partial charge in [0.25, 0.3) is 0 Å². The van der Waals surface area contributed by atoms with Gasteiger partial charge in [0.05, 0.1) is 5.01 Å². The summed E-state index contributed by atoms with van der Waals surface area (Å²) in [6.07, 6.45) is 5.65. The fraction of sp³-hybridized carbons (Fsp3) is 0.727. The zero-order valence-corrected chi connectivity index (χ0v) is 9.85. The lowest BCUT2D eigenvalue weighted by molar-refractivity contribution is 0.361. The molecule has 2 N–H and O–H groups in total. The Morgan fingerprint density at radius 1 is 1.60 bits per heavy atom. The quantitative estimate of drug-likeness (QED) is 0.741. The first-order valence-corrected chi connectivity index (χ1v) is 6.63. The van der Waals surface area contributed by atoms with Crippen LogP contribution in [0.2, 0.25) is 0 Å². The van der Waals surface area contributed by atoms with Crippen LogP contribution in [0.1, 0.15) is 17.8 Å². The summed E-state index contributed by atoms with van der Waals surface area (Å²) in [4.78, 5) is 4.27. The summed E-state index contributed by atoms with van der Waals surface area (Å²) in [6.45, 7) is 4.60.